The molecule has 6 rings (SSSR count). The molecule has 0 fully saturated rings. The minimum atomic E-state index is 0. The monoisotopic (exact) mass is 574 g/mol. The molecule has 1 aliphatic heterocycles. The summed E-state index contributed by atoms with van der Waals surface area (Å²) in [5, 5.41) is 0. The normalized spacial score (nSPS) is 18.0. The molecule has 0 nitrogen and oxygen atoms in total. The zero-order valence-corrected chi connectivity index (χ0v) is 21.6. The average Bonchev–Trinajstić information content (AvgIpc) is 3.28. The van der Waals surface area contributed by atoms with Crippen LogP contribution in [0.2, 0.25) is 0 Å². The molecule has 0 saturated heterocycles. The van der Waals surface area contributed by atoms with E-state index in [-0.39, 0.29) is 51.0 Å². The molecule has 6 bridgehead atoms. The predicted octanol–water partition coefficient (Wildman–Crippen LogP) is 1.07. The fraction of sp³-hybridized carbons (Fsp3) is 0.0833. The van der Waals surface area contributed by atoms with Crippen LogP contribution in [-0.2, 0) is 26.2 Å². The molecule has 142 valence electrons. The minimum Gasteiger partial charge on any atom is -1.00 e. The second-order valence-electron chi connectivity index (χ2n) is 6.48. The Morgan fingerprint density at radius 3 is 2.38 bits per heavy atom. The molecule has 29 heavy (non-hydrogen) atoms. The number of hydrogen-bond donors (Lipinski definition) is 0. The second-order valence-corrected chi connectivity index (χ2v) is 8.51. The van der Waals surface area contributed by atoms with Gasteiger partial charge in [0.15, 0.2) is 0 Å². The van der Waals surface area contributed by atoms with E-state index in [1.807, 2.05) is 30.0 Å². The maximum atomic E-state index is 3.49. The van der Waals surface area contributed by atoms with Gasteiger partial charge in [0.1, 0.15) is 0 Å². The number of halogens is 3. The topological polar surface area (TPSA) is 0 Å². The largest absolute Gasteiger partial charge is 4.00 e. The molecular formula is C24H15BrCl2SZr. The zero-order valence-electron chi connectivity index (χ0n) is 15.2. The molecule has 3 aromatic rings. The second kappa shape index (κ2) is 10.6. The molecule has 3 aromatic carbocycles. The molecule has 0 N–H and O–H groups in total. The van der Waals surface area contributed by atoms with Crippen molar-refractivity contribution in [2.24, 2.45) is 0 Å². The van der Waals surface area contributed by atoms with E-state index in [0.29, 0.717) is 10.7 Å². The number of fused-ring (bicyclic) bond motifs is 4. The van der Waals surface area contributed by atoms with Gasteiger partial charge in [-0.3, -0.25) is 12.2 Å². The smallest absolute Gasteiger partial charge is 1.00 e. The van der Waals surface area contributed by atoms with Gasteiger partial charge in [0.05, 0.1) is 0 Å². The number of allylic oxidation sites excluding steroid dienone is 2. The van der Waals surface area contributed by atoms with E-state index in [2.05, 4.69) is 88.8 Å². The summed E-state index contributed by atoms with van der Waals surface area (Å²) in [5.74, 6) is 0.343. The van der Waals surface area contributed by atoms with Gasteiger partial charge in [-0.1, -0.05) is 64.9 Å². The van der Waals surface area contributed by atoms with Crippen molar-refractivity contribution in [3.05, 3.63) is 107 Å². The van der Waals surface area contributed by atoms with E-state index in [1.165, 1.54) is 37.6 Å². The van der Waals surface area contributed by atoms with E-state index in [4.69, 9.17) is 0 Å². The third-order valence-electron chi connectivity index (χ3n) is 4.88. The molecule has 1 heterocycles. The molecule has 0 spiro atoms. The first-order chi connectivity index (χ1) is 12.8. The van der Waals surface area contributed by atoms with Crippen LogP contribution in [0.4, 0.5) is 0 Å². The van der Waals surface area contributed by atoms with Gasteiger partial charge in [-0.15, -0.1) is 44.9 Å². The van der Waals surface area contributed by atoms with Crippen LogP contribution in [0.3, 0.4) is 0 Å². The Bertz CT molecular complexity index is 1060. The molecule has 0 amide bonds. The summed E-state index contributed by atoms with van der Waals surface area (Å²) in [5.41, 5.74) is 6.73. The van der Waals surface area contributed by atoms with Crippen LogP contribution in [0.5, 0.6) is 0 Å². The Balaban J connectivity index is 0.000000204. The predicted molar refractivity (Wildman–Crippen MR) is 112 cm³/mol. The van der Waals surface area contributed by atoms with Crippen LogP contribution in [0.15, 0.2) is 76.5 Å². The minimum absolute atomic E-state index is 0. The van der Waals surface area contributed by atoms with Gasteiger partial charge in [-0.05, 0) is 17.0 Å². The van der Waals surface area contributed by atoms with Crippen LogP contribution >= 0.6 is 27.7 Å². The molecule has 0 saturated carbocycles. The van der Waals surface area contributed by atoms with E-state index in [9.17, 15) is 0 Å². The van der Waals surface area contributed by atoms with Gasteiger partial charge in [0.25, 0.3) is 0 Å². The van der Waals surface area contributed by atoms with Crippen molar-refractivity contribution in [1.29, 1.82) is 0 Å². The van der Waals surface area contributed by atoms with Crippen LogP contribution in [-0.4, -0.2) is 0 Å². The maximum absolute atomic E-state index is 3.49. The Labute approximate surface area is 216 Å². The molecule has 2 atom stereocenters. The van der Waals surface area contributed by atoms with Gasteiger partial charge in [0.2, 0.25) is 0 Å². The molecular weight excluding hydrogens is 562 g/mol. The van der Waals surface area contributed by atoms with E-state index >= 15 is 0 Å². The Morgan fingerprint density at radius 2 is 1.55 bits per heavy atom. The van der Waals surface area contributed by atoms with E-state index in [1.54, 1.807) is 0 Å². The van der Waals surface area contributed by atoms with Crippen LogP contribution in [0.1, 0.15) is 38.6 Å². The first-order valence-electron chi connectivity index (χ1n) is 8.62. The van der Waals surface area contributed by atoms with Crippen LogP contribution in [0, 0.1) is 12.2 Å². The van der Waals surface area contributed by atoms with Gasteiger partial charge >= 0.3 is 26.2 Å². The Morgan fingerprint density at radius 1 is 0.793 bits per heavy atom. The summed E-state index contributed by atoms with van der Waals surface area (Å²) in [7, 11) is 0. The van der Waals surface area contributed by atoms with Crippen molar-refractivity contribution < 1.29 is 51.0 Å². The number of benzene rings is 3. The third-order valence-corrected chi connectivity index (χ3v) is 6.70. The van der Waals surface area contributed by atoms with Gasteiger partial charge in [0, 0.05) is 4.90 Å². The van der Waals surface area contributed by atoms with Crippen molar-refractivity contribution in [3.8, 4) is 0 Å². The summed E-state index contributed by atoms with van der Waals surface area (Å²) >= 11 is 5.34. The quantitative estimate of drug-likeness (QED) is 0.285. The average molecular weight is 577 g/mol. The number of hydrogen-bond acceptors (Lipinski definition) is 1. The number of rotatable bonds is 0. The molecule has 2 unspecified atom stereocenters. The van der Waals surface area contributed by atoms with Crippen molar-refractivity contribution in [2.75, 3.05) is 0 Å². The fourth-order valence-electron chi connectivity index (χ4n) is 3.60. The van der Waals surface area contributed by atoms with Crippen molar-refractivity contribution >= 4 is 39.8 Å². The first-order valence-corrected chi connectivity index (χ1v) is 10.3. The fourth-order valence-corrected chi connectivity index (χ4v) is 5.18. The van der Waals surface area contributed by atoms with Crippen molar-refractivity contribution in [1.82, 2.24) is 0 Å². The Hall–Kier alpha value is -0.567. The molecule has 3 aliphatic rings. The summed E-state index contributed by atoms with van der Waals surface area (Å²) in [6.07, 6.45) is 10.8. The van der Waals surface area contributed by atoms with Crippen molar-refractivity contribution in [3.63, 3.8) is 0 Å². The summed E-state index contributed by atoms with van der Waals surface area (Å²) < 4.78 is 0. The number of alkyl halides is 1. The third kappa shape index (κ3) is 4.86. The van der Waals surface area contributed by atoms with Crippen LogP contribution in [0.25, 0.3) is 12.2 Å². The molecule has 5 heteroatoms. The summed E-state index contributed by atoms with van der Waals surface area (Å²) in [6, 6.07) is 23.7. The Kier molecular flexibility index (Phi) is 9.07. The standard InChI is InChI=1S/C15H9S.C9H6Br.2ClH.Zr/c1-3-10-9-11(4-1)16-15-6-2-5-13-12(10)7-8-14(13)15;10-9-6-5-7-3-1-2-4-8(7)9;;;/h1-6,8-9,12H;1-5,9H;2*1H;/q2*-1;;;+4/p-2. The molecule has 2 aliphatic carbocycles. The van der Waals surface area contributed by atoms with Crippen LogP contribution < -0.4 is 24.8 Å². The van der Waals surface area contributed by atoms with Gasteiger partial charge in [-0.2, -0.15) is 11.1 Å². The van der Waals surface area contributed by atoms with E-state index < -0.39 is 0 Å². The first kappa shape index (κ1) is 24.7. The molecule has 0 radical (unpaired) electrons. The SMILES string of the molecule is BrC1[C-]=Cc2ccccc21.[C-]1=Cc2c3cccc2C1c1cccc(c1)S3.[Cl-].[Cl-].[Zr+4]. The van der Waals surface area contributed by atoms with Gasteiger partial charge < -0.3 is 24.8 Å². The summed E-state index contributed by atoms with van der Waals surface area (Å²) in [6.45, 7) is 0. The maximum Gasteiger partial charge on any atom is 4.00 e. The van der Waals surface area contributed by atoms with Crippen molar-refractivity contribution in [2.45, 2.75) is 20.5 Å². The summed E-state index contributed by atoms with van der Waals surface area (Å²) in [4.78, 5) is 2.99. The molecule has 0 aromatic heterocycles. The van der Waals surface area contributed by atoms with Gasteiger partial charge in [-0.25, -0.2) is 12.2 Å². The van der Waals surface area contributed by atoms with E-state index in [0.717, 1.165) is 0 Å². The zero-order chi connectivity index (χ0) is 17.5.